The average molecular weight is 368 g/mol. The van der Waals surface area contributed by atoms with E-state index < -0.39 is 0 Å². The van der Waals surface area contributed by atoms with Gasteiger partial charge in [0.05, 0.1) is 5.92 Å². The van der Waals surface area contributed by atoms with Crippen LogP contribution in [0.1, 0.15) is 26.7 Å². The van der Waals surface area contributed by atoms with Gasteiger partial charge in [0.25, 0.3) is 0 Å². The van der Waals surface area contributed by atoms with Gasteiger partial charge in [-0.25, -0.2) is 0 Å². The van der Waals surface area contributed by atoms with Crippen LogP contribution in [-0.2, 0) is 4.79 Å². The van der Waals surface area contributed by atoms with E-state index in [1.54, 1.807) is 0 Å². The number of hydrogen-bond acceptors (Lipinski definition) is 6. The first-order valence-electron chi connectivity index (χ1n) is 9.61. The second kappa shape index (κ2) is 8.70. The average Bonchev–Trinajstić information content (AvgIpc) is 2.69. The van der Waals surface area contributed by atoms with Gasteiger partial charge in [0.2, 0.25) is 11.9 Å². The van der Waals surface area contributed by atoms with Crippen LogP contribution in [0.5, 0.6) is 0 Å². The molecule has 2 heterocycles. The number of carbonyl (C=O) groups excluding carboxylic acids is 1. The minimum atomic E-state index is 0.000345. The third-order valence-electron chi connectivity index (χ3n) is 4.95. The highest BCUT2D eigenvalue weighted by atomic mass is 16.2. The summed E-state index contributed by atoms with van der Waals surface area (Å²) >= 11 is 0. The summed E-state index contributed by atoms with van der Waals surface area (Å²) in [5.74, 6) is 1.87. The molecule has 1 saturated heterocycles. The van der Waals surface area contributed by atoms with Gasteiger partial charge >= 0.3 is 0 Å². The molecule has 1 aliphatic rings. The Bertz CT molecular complexity index is 762. The van der Waals surface area contributed by atoms with Crippen molar-refractivity contribution in [2.45, 2.75) is 26.7 Å². The zero-order chi connectivity index (χ0) is 19.2. The number of aromatic nitrogens is 2. The summed E-state index contributed by atoms with van der Waals surface area (Å²) in [6, 6.07) is 11.7. The second-order valence-electron chi connectivity index (χ2n) is 6.76. The molecule has 1 aromatic heterocycles. The van der Waals surface area contributed by atoms with Crippen LogP contribution in [0, 0.1) is 5.92 Å². The van der Waals surface area contributed by atoms with Crippen LogP contribution in [0.3, 0.4) is 0 Å². The number of anilines is 4. The number of nitrogens with one attached hydrogen (secondary N) is 1. The number of nitrogens with two attached hydrogens (primary N) is 1. The van der Waals surface area contributed by atoms with Crippen molar-refractivity contribution in [3.63, 3.8) is 0 Å². The molecular weight excluding hydrogens is 340 g/mol. The van der Waals surface area contributed by atoms with Gasteiger partial charge in [0.1, 0.15) is 11.6 Å². The topological polar surface area (TPSA) is 87.4 Å². The molecule has 0 aliphatic carbocycles. The molecule has 2 aromatic rings. The van der Waals surface area contributed by atoms with Crippen molar-refractivity contribution in [3.8, 4) is 0 Å². The van der Waals surface area contributed by atoms with Crippen LogP contribution in [0.2, 0.25) is 0 Å². The van der Waals surface area contributed by atoms with E-state index >= 15 is 0 Å². The van der Waals surface area contributed by atoms with Crippen molar-refractivity contribution in [1.82, 2.24) is 14.9 Å². The van der Waals surface area contributed by atoms with E-state index in [2.05, 4.69) is 20.2 Å². The van der Waals surface area contributed by atoms with Crippen LogP contribution in [-0.4, -0.2) is 47.0 Å². The molecule has 7 nitrogen and oxygen atoms in total. The maximum Gasteiger partial charge on any atom is 0.227 e. The molecule has 3 rings (SSSR count). The number of benzene rings is 1. The molecule has 1 unspecified atom stereocenters. The molecule has 27 heavy (non-hydrogen) atoms. The maximum absolute atomic E-state index is 12.7. The lowest BCUT2D eigenvalue weighted by Gasteiger charge is -2.35. The Morgan fingerprint density at radius 2 is 2.00 bits per heavy atom. The summed E-state index contributed by atoms with van der Waals surface area (Å²) in [6.45, 7) is 7.07. The highest BCUT2D eigenvalue weighted by molar-refractivity contribution is 5.79. The van der Waals surface area contributed by atoms with Crippen molar-refractivity contribution in [3.05, 3.63) is 36.4 Å². The predicted molar refractivity (Wildman–Crippen MR) is 109 cm³/mol. The number of amides is 1. The Morgan fingerprint density at radius 1 is 1.26 bits per heavy atom. The number of hydrogen-bond donors (Lipinski definition) is 2. The second-order valence-corrected chi connectivity index (χ2v) is 6.76. The molecule has 0 saturated carbocycles. The Balaban J connectivity index is 1.76. The molecule has 1 aliphatic heterocycles. The van der Waals surface area contributed by atoms with Crippen molar-refractivity contribution in [1.29, 1.82) is 0 Å². The number of para-hydroxylation sites is 1. The number of nitrogens with zero attached hydrogens (tertiary/aromatic N) is 4. The molecule has 3 N–H and O–H groups in total. The van der Waals surface area contributed by atoms with Gasteiger partial charge in [-0.1, -0.05) is 18.2 Å². The molecular formula is C20H28N6O. The van der Waals surface area contributed by atoms with Crippen molar-refractivity contribution >= 4 is 29.2 Å². The third-order valence-corrected chi connectivity index (χ3v) is 4.95. The Kier molecular flexibility index (Phi) is 6.11. The van der Waals surface area contributed by atoms with E-state index in [0.29, 0.717) is 12.4 Å². The summed E-state index contributed by atoms with van der Waals surface area (Å²) in [6.07, 6.45) is 1.88. The lowest BCUT2D eigenvalue weighted by molar-refractivity contribution is -0.135. The quantitative estimate of drug-likeness (QED) is 0.815. The van der Waals surface area contributed by atoms with E-state index in [9.17, 15) is 4.79 Å². The normalized spacial score (nSPS) is 16.8. The summed E-state index contributed by atoms with van der Waals surface area (Å²) in [5, 5.41) is 3.26. The van der Waals surface area contributed by atoms with Crippen LogP contribution < -0.4 is 16.0 Å². The zero-order valence-electron chi connectivity index (χ0n) is 16.1. The molecule has 1 fully saturated rings. The van der Waals surface area contributed by atoms with E-state index in [-0.39, 0.29) is 17.8 Å². The van der Waals surface area contributed by atoms with Gasteiger partial charge in [0, 0.05) is 37.9 Å². The Morgan fingerprint density at radius 3 is 2.70 bits per heavy atom. The molecule has 0 bridgehead atoms. The standard InChI is InChI=1S/C20H28N6O/c1-3-25(4-2)19(27)15-9-8-12-26(14-15)18-13-17(23-20(21)24-18)22-16-10-6-5-7-11-16/h5-7,10-11,13,15H,3-4,8-9,12,14H2,1-2H3,(H3,21,22,23,24). The van der Waals surface area contributed by atoms with E-state index in [0.717, 1.165) is 44.0 Å². The zero-order valence-corrected chi connectivity index (χ0v) is 16.1. The first-order chi connectivity index (χ1) is 13.1. The summed E-state index contributed by atoms with van der Waals surface area (Å²) in [7, 11) is 0. The molecule has 1 amide bonds. The minimum Gasteiger partial charge on any atom is -0.368 e. The molecule has 144 valence electrons. The van der Waals surface area contributed by atoms with E-state index in [1.165, 1.54) is 0 Å². The highest BCUT2D eigenvalue weighted by Crippen LogP contribution is 2.26. The number of rotatable bonds is 6. The first kappa shape index (κ1) is 18.9. The summed E-state index contributed by atoms with van der Waals surface area (Å²) < 4.78 is 0. The van der Waals surface area contributed by atoms with Crippen molar-refractivity contribution in [2.75, 3.05) is 42.1 Å². The predicted octanol–water partition coefficient (Wildman–Crippen LogP) is 2.89. The minimum absolute atomic E-state index is 0.000345. The van der Waals surface area contributed by atoms with Crippen molar-refractivity contribution < 1.29 is 4.79 Å². The SMILES string of the molecule is CCN(CC)C(=O)C1CCCN(c2cc(Nc3ccccc3)nc(N)n2)C1. The fraction of sp³-hybridized carbons (Fsp3) is 0.450. The summed E-state index contributed by atoms with van der Waals surface area (Å²) in [5.41, 5.74) is 6.88. The van der Waals surface area contributed by atoms with Gasteiger partial charge in [-0.2, -0.15) is 9.97 Å². The highest BCUT2D eigenvalue weighted by Gasteiger charge is 2.29. The molecule has 1 atom stereocenters. The number of carbonyl (C=O) groups is 1. The van der Waals surface area contributed by atoms with Gasteiger partial charge in [-0.05, 0) is 38.8 Å². The molecule has 7 heteroatoms. The largest absolute Gasteiger partial charge is 0.368 e. The van der Waals surface area contributed by atoms with Crippen molar-refractivity contribution in [2.24, 2.45) is 5.92 Å². The van der Waals surface area contributed by atoms with Gasteiger partial charge in [-0.3, -0.25) is 4.79 Å². The monoisotopic (exact) mass is 368 g/mol. The smallest absolute Gasteiger partial charge is 0.227 e. The Labute approximate surface area is 160 Å². The Hall–Kier alpha value is -2.83. The molecule has 1 aromatic carbocycles. The molecule has 0 spiro atoms. The van der Waals surface area contributed by atoms with E-state index in [4.69, 9.17) is 5.73 Å². The van der Waals surface area contributed by atoms with Gasteiger partial charge in [-0.15, -0.1) is 0 Å². The fourth-order valence-corrected chi connectivity index (χ4v) is 3.53. The third kappa shape index (κ3) is 4.67. The van der Waals surface area contributed by atoms with Crippen LogP contribution >= 0.6 is 0 Å². The lowest BCUT2D eigenvalue weighted by atomic mass is 9.96. The fourth-order valence-electron chi connectivity index (χ4n) is 3.53. The maximum atomic E-state index is 12.7. The van der Waals surface area contributed by atoms with E-state index in [1.807, 2.05) is 55.1 Å². The van der Waals surface area contributed by atoms with Gasteiger partial charge in [0.15, 0.2) is 0 Å². The van der Waals surface area contributed by atoms with Crippen LogP contribution in [0.15, 0.2) is 36.4 Å². The van der Waals surface area contributed by atoms with Crippen LogP contribution in [0.4, 0.5) is 23.3 Å². The number of nitrogen functional groups attached to an aromatic ring is 1. The number of piperidine rings is 1. The lowest BCUT2D eigenvalue weighted by Crippen LogP contribution is -2.45. The first-order valence-corrected chi connectivity index (χ1v) is 9.61. The summed E-state index contributed by atoms with van der Waals surface area (Å²) in [4.78, 5) is 25.5. The molecule has 0 radical (unpaired) electrons. The van der Waals surface area contributed by atoms with Gasteiger partial charge < -0.3 is 20.9 Å². The van der Waals surface area contributed by atoms with Crippen LogP contribution in [0.25, 0.3) is 0 Å².